The van der Waals surface area contributed by atoms with E-state index >= 15 is 0 Å². The number of hydrogen-bond acceptors (Lipinski definition) is 6. The van der Waals surface area contributed by atoms with Crippen molar-refractivity contribution in [1.29, 1.82) is 0 Å². The molecule has 1 aromatic carbocycles. The van der Waals surface area contributed by atoms with E-state index in [1.54, 1.807) is 6.21 Å². The van der Waals surface area contributed by atoms with Crippen LogP contribution in [0.5, 0.6) is 0 Å². The number of aliphatic imine (C=N–C) groups is 1. The first-order valence-electron chi connectivity index (χ1n) is 5.70. The molecule has 0 radical (unpaired) electrons. The van der Waals surface area contributed by atoms with Crippen LogP contribution >= 0.6 is 12.2 Å². The second-order valence-electron chi connectivity index (χ2n) is 3.54. The summed E-state index contributed by atoms with van der Waals surface area (Å²) in [6.45, 7) is 0.317. The summed E-state index contributed by atoms with van der Waals surface area (Å²) in [7, 11) is 2.78. The number of hydrogen-bond donors (Lipinski definition) is 1. The minimum Gasteiger partial charge on any atom is -0.488 e. The molecule has 106 valence electrons. The molecule has 0 aliphatic rings. The van der Waals surface area contributed by atoms with E-state index in [0.29, 0.717) is 11.6 Å². The minimum absolute atomic E-state index is 0.317. The molecular weight excluding hydrogens is 278 g/mol. The molecule has 0 saturated carbocycles. The highest BCUT2D eigenvalue weighted by Gasteiger charge is 1.98. The van der Waals surface area contributed by atoms with Gasteiger partial charge in [-0.2, -0.15) is 5.10 Å². The molecule has 0 spiro atoms. The van der Waals surface area contributed by atoms with Crippen LogP contribution in [-0.4, -0.2) is 44.3 Å². The van der Waals surface area contributed by atoms with Crippen LogP contribution in [0.25, 0.3) is 0 Å². The van der Waals surface area contributed by atoms with Crippen LogP contribution in [-0.2, 0) is 9.47 Å². The van der Waals surface area contributed by atoms with Crippen molar-refractivity contribution < 1.29 is 14.3 Å². The maximum atomic E-state index is 10.9. The molecule has 0 aliphatic carbocycles. The number of rotatable bonds is 5. The topological polar surface area (TPSA) is 72.3 Å². The van der Waals surface area contributed by atoms with E-state index in [9.17, 15) is 4.79 Å². The SMILES string of the molecule is COC(=O)N/N=C/c1ccccc1C=NCC(=S)OC. The van der Waals surface area contributed by atoms with Crippen molar-refractivity contribution in [2.45, 2.75) is 0 Å². The second-order valence-corrected chi connectivity index (χ2v) is 3.99. The molecule has 1 amide bonds. The number of hydrazone groups is 1. The molecule has 0 saturated heterocycles. The number of carbonyl (C=O) groups excluding carboxylic acids is 1. The monoisotopic (exact) mass is 293 g/mol. The predicted molar refractivity (Wildman–Crippen MR) is 81.6 cm³/mol. The van der Waals surface area contributed by atoms with Crippen molar-refractivity contribution in [3.8, 4) is 0 Å². The zero-order valence-electron chi connectivity index (χ0n) is 11.2. The number of carbonyl (C=O) groups is 1. The standard InChI is InChI=1S/C13H15N3O3S/c1-18-12(20)9-14-7-10-5-3-4-6-11(10)8-15-16-13(17)19-2/h3-8H,9H2,1-2H3,(H,16,17)/b14-7?,15-8+. The lowest BCUT2D eigenvalue weighted by Crippen LogP contribution is -2.16. The summed E-state index contributed by atoms with van der Waals surface area (Å²) in [6, 6.07) is 7.45. The van der Waals surface area contributed by atoms with Crippen LogP contribution in [0.4, 0.5) is 4.79 Å². The fraction of sp³-hybridized carbons (Fsp3) is 0.231. The van der Waals surface area contributed by atoms with E-state index in [0.717, 1.165) is 11.1 Å². The molecule has 0 aromatic heterocycles. The summed E-state index contributed by atoms with van der Waals surface area (Å²) in [5.74, 6) is 0. The number of nitrogens with one attached hydrogen (secondary N) is 1. The quantitative estimate of drug-likeness (QED) is 0.510. The highest BCUT2D eigenvalue weighted by atomic mass is 32.1. The van der Waals surface area contributed by atoms with E-state index in [4.69, 9.17) is 17.0 Å². The third-order valence-corrected chi connectivity index (χ3v) is 2.52. The van der Waals surface area contributed by atoms with Gasteiger partial charge in [0.25, 0.3) is 0 Å². The Balaban J connectivity index is 2.72. The van der Waals surface area contributed by atoms with Gasteiger partial charge in [-0.1, -0.05) is 24.3 Å². The number of methoxy groups -OCH3 is 2. The zero-order chi connectivity index (χ0) is 14.8. The Morgan fingerprint density at radius 3 is 2.50 bits per heavy atom. The molecule has 0 atom stereocenters. The van der Waals surface area contributed by atoms with Crippen LogP contribution in [0.2, 0.25) is 0 Å². The van der Waals surface area contributed by atoms with E-state index < -0.39 is 6.09 Å². The van der Waals surface area contributed by atoms with Gasteiger partial charge in [-0.25, -0.2) is 10.2 Å². The first kappa shape index (κ1) is 15.8. The lowest BCUT2D eigenvalue weighted by molar-refractivity contribution is 0.171. The largest absolute Gasteiger partial charge is 0.488 e. The van der Waals surface area contributed by atoms with E-state index in [1.807, 2.05) is 24.3 Å². The number of benzene rings is 1. The van der Waals surface area contributed by atoms with Crippen LogP contribution in [0.3, 0.4) is 0 Å². The van der Waals surface area contributed by atoms with Crippen molar-refractivity contribution in [2.75, 3.05) is 20.8 Å². The minimum atomic E-state index is -0.627. The van der Waals surface area contributed by atoms with Gasteiger partial charge in [-0.15, -0.1) is 0 Å². The molecule has 0 heterocycles. The third kappa shape index (κ3) is 5.57. The Kier molecular flexibility index (Phi) is 6.91. The van der Waals surface area contributed by atoms with Gasteiger partial charge in [0.15, 0.2) is 5.05 Å². The van der Waals surface area contributed by atoms with Crippen molar-refractivity contribution >= 4 is 35.8 Å². The average molecular weight is 293 g/mol. The van der Waals surface area contributed by atoms with E-state index in [-0.39, 0.29) is 0 Å². The molecule has 0 unspecified atom stereocenters. The Bertz CT molecular complexity index is 482. The van der Waals surface area contributed by atoms with Gasteiger partial charge in [-0.05, 0) is 12.2 Å². The number of nitrogens with zero attached hydrogens (tertiary/aromatic N) is 2. The summed E-state index contributed by atoms with van der Waals surface area (Å²) < 4.78 is 9.26. The van der Waals surface area contributed by atoms with Crippen molar-refractivity contribution in [3.05, 3.63) is 35.4 Å². The lowest BCUT2D eigenvalue weighted by atomic mass is 10.1. The Morgan fingerprint density at radius 1 is 1.25 bits per heavy atom. The highest BCUT2D eigenvalue weighted by molar-refractivity contribution is 7.80. The summed E-state index contributed by atoms with van der Waals surface area (Å²) in [6.07, 6.45) is 2.55. The molecule has 7 heteroatoms. The number of ether oxygens (including phenoxy) is 2. The molecule has 0 fully saturated rings. The molecule has 1 N–H and O–H groups in total. The molecule has 20 heavy (non-hydrogen) atoms. The Labute approximate surface area is 122 Å². The Hall–Kier alpha value is -2.28. The number of thiocarbonyl (C=S) groups is 1. The number of amides is 1. The van der Waals surface area contributed by atoms with Gasteiger partial charge >= 0.3 is 6.09 Å². The summed E-state index contributed by atoms with van der Waals surface area (Å²) >= 11 is 4.89. The smallest absolute Gasteiger partial charge is 0.427 e. The summed E-state index contributed by atoms with van der Waals surface area (Å²) in [5.41, 5.74) is 3.87. The fourth-order valence-electron chi connectivity index (χ4n) is 1.23. The van der Waals surface area contributed by atoms with Gasteiger partial charge in [0.1, 0.15) is 6.54 Å². The van der Waals surface area contributed by atoms with Gasteiger partial charge < -0.3 is 9.47 Å². The zero-order valence-corrected chi connectivity index (χ0v) is 12.0. The lowest BCUT2D eigenvalue weighted by Gasteiger charge is -2.00. The first-order valence-corrected chi connectivity index (χ1v) is 6.11. The highest BCUT2D eigenvalue weighted by Crippen LogP contribution is 2.03. The van der Waals surface area contributed by atoms with Crippen molar-refractivity contribution in [3.63, 3.8) is 0 Å². The predicted octanol–water partition coefficient (Wildman–Crippen LogP) is 1.77. The van der Waals surface area contributed by atoms with E-state index in [1.165, 1.54) is 20.4 Å². The first-order chi connectivity index (χ1) is 9.67. The van der Waals surface area contributed by atoms with Crippen LogP contribution < -0.4 is 5.43 Å². The van der Waals surface area contributed by atoms with Gasteiger partial charge in [0.2, 0.25) is 0 Å². The van der Waals surface area contributed by atoms with Gasteiger partial charge in [-0.3, -0.25) is 4.99 Å². The van der Waals surface area contributed by atoms with E-state index in [2.05, 4.69) is 20.3 Å². The summed E-state index contributed by atoms with van der Waals surface area (Å²) in [4.78, 5) is 15.0. The molecule has 0 bridgehead atoms. The molecule has 1 rings (SSSR count). The third-order valence-electron chi connectivity index (χ3n) is 2.22. The maximum Gasteiger partial charge on any atom is 0.427 e. The van der Waals surface area contributed by atoms with Gasteiger partial charge in [0.05, 0.1) is 20.4 Å². The van der Waals surface area contributed by atoms with Crippen LogP contribution in [0.1, 0.15) is 11.1 Å². The molecule has 1 aromatic rings. The van der Waals surface area contributed by atoms with Crippen LogP contribution in [0.15, 0.2) is 34.4 Å². The summed E-state index contributed by atoms with van der Waals surface area (Å²) in [5, 5.41) is 4.19. The van der Waals surface area contributed by atoms with Crippen molar-refractivity contribution in [2.24, 2.45) is 10.1 Å². The van der Waals surface area contributed by atoms with Gasteiger partial charge in [0, 0.05) is 17.3 Å². The fourth-order valence-corrected chi connectivity index (χ4v) is 1.30. The Morgan fingerprint density at radius 2 is 1.90 bits per heavy atom. The normalized spacial score (nSPS) is 10.7. The molecule has 0 aliphatic heterocycles. The van der Waals surface area contributed by atoms with Crippen LogP contribution in [0, 0.1) is 0 Å². The average Bonchev–Trinajstić information content (AvgIpc) is 2.48. The second kappa shape index (κ2) is 8.76. The molecular formula is C13H15N3O3S. The maximum absolute atomic E-state index is 10.9. The molecule has 6 nitrogen and oxygen atoms in total. The van der Waals surface area contributed by atoms with Crippen molar-refractivity contribution in [1.82, 2.24) is 5.43 Å².